The third-order valence-corrected chi connectivity index (χ3v) is 6.58. The number of unbranched alkanes of at least 4 members (excludes halogenated alkanes) is 1. The highest BCUT2D eigenvalue weighted by Gasteiger charge is 2.35. The maximum Gasteiger partial charge on any atom is 0.283 e. The van der Waals surface area contributed by atoms with Gasteiger partial charge in [0, 0.05) is 17.1 Å². The molecule has 4 rings (SSSR count). The Labute approximate surface area is 187 Å². The first-order chi connectivity index (χ1) is 14.9. The molecule has 3 heterocycles. The molecule has 0 saturated carbocycles. The van der Waals surface area contributed by atoms with Crippen LogP contribution in [0.1, 0.15) is 55.6 Å². The van der Waals surface area contributed by atoms with Gasteiger partial charge in [0.2, 0.25) is 5.17 Å². The fraction of sp³-hybridized carbons (Fsp3) is 0.333. The summed E-state index contributed by atoms with van der Waals surface area (Å²) >= 11 is 1.39. The summed E-state index contributed by atoms with van der Waals surface area (Å²) in [4.78, 5) is 16.9. The van der Waals surface area contributed by atoms with Crippen molar-refractivity contribution in [1.82, 2.24) is 9.58 Å². The number of hydrogen-bond acceptors (Lipinski definition) is 4. The van der Waals surface area contributed by atoms with Crippen LogP contribution in [-0.2, 0) is 11.2 Å². The minimum absolute atomic E-state index is 0.0890. The number of amides is 1. The summed E-state index contributed by atoms with van der Waals surface area (Å²) in [5.41, 5.74) is 5.66. The Morgan fingerprint density at radius 1 is 1.16 bits per heavy atom. The number of hydrogen-bond donors (Lipinski definition) is 1. The summed E-state index contributed by atoms with van der Waals surface area (Å²) in [5, 5.41) is 16.0. The number of rotatable bonds is 6. The van der Waals surface area contributed by atoms with Crippen molar-refractivity contribution in [2.45, 2.75) is 53.4 Å². The number of nitrogens with zero attached hydrogens (tertiary/aromatic N) is 4. The number of amidine groups is 2. The van der Waals surface area contributed by atoms with Gasteiger partial charge in [-0.3, -0.25) is 10.2 Å². The van der Waals surface area contributed by atoms with Crippen molar-refractivity contribution in [3.63, 3.8) is 0 Å². The molecule has 0 unspecified atom stereocenters. The lowest BCUT2D eigenvalue weighted by molar-refractivity contribution is -0.114. The monoisotopic (exact) mass is 433 g/mol. The van der Waals surface area contributed by atoms with Crippen LogP contribution in [0.4, 0.5) is 0 Å². The largest absolute Gasteiger partial charge is 0.318 e. The van der Waals surface area contributed by atoms with E-state index in [1.54, 1.807) is 6.08 Å². The van der Waals surface area contributed by atoms with E-state index in [1.165, 1.54) is 22.3 Å². The van der Waals surface area contributed by atoms with E-state index < -0.39 is 0 Å². The van der Waals surface area contributed by atoms with E-state index in [2.05, 4.69) is 59.7 Å². The molecule has 6 nitrogen and oxygen atoms in total. The molecule has 0 fully saturated rings. The molecular weight excluding hydrogens is 406 g/mol. The number of carbonyl (C=O) groups excluding carboxylic acids is 1. The molecule has 1 N–H and O–H groups in total. The van der Waals surface area contributed by atoms with Crippen molar-refractivity contribution in [1.29, 1.82) is 5.41 Å². The van der Waals surface area contributed by atoms with Gasteiger partial charge in [-0.25, -0.2) is 0 Å². The molecule has 0 radical (unpaired) electrons. The van der Waals surface area contributed by atoms with Crippen molar-refractivity contribution in [2.75, 3.05) is 0 Å². The number of aryl methyl sites for hydroxylation is 2. The number of aliphatic imine (C=N–C) groups is 1. The smallest absolute Gasteiger partial charge is 0.283 e. The highest BCUT2D eigenvalue weighted by atomic mass is 32.2. The summed E-state index contributed by atoms with van der Waals surface area (Å²) in [6.45, 7) is 8.36. The van der Waals surface area contributed by atoms with Crippen LogP contribution in [0.25, 0.3) is 11.8 Å². The lowest BCUT2D eigenvalue weighted by atomic mass is 10.1. The Kier molecular flexibility index (Phi) is 5.96. The minimum Gasteiger partial charge on any atom is -0.318 e. The zero-order valence-electron chi connectivity index (χ0n) is 18.4. The maximum absolute atomic E-state index is 12.7. The van der Waals surface area contributed by atoms with Crippen LogP contribution < -0.4 is 0 Å². The van der Waals surface area contributed by atoms with E-state index >= 15 is 0 Å². The summed E-state index contributed by atoms with van der Waals surface area (Å²) in [6.07, 6.45) is 5.72. The quantitative estimate of drug-likeness (QED) is 0.614. The number of fused-ring (bicyclic) bond motifs is 1. The number of hydrazone groups is 1. The van der Waals surface area contributed by atoms with Crippen LogP contribution in [-0.4, -0.2) is 31.5 Å². The Balaban J connectivity index is 1.67. The molecule has 7 heteroatoms. The van der Waals surface area contributed by atoms with Crippen molar-refractivity contribution < 1.29 is 4.79 Å². The van der Waals surface area contributed by atoms with Crippen LogP contribution >= 0.6 is 11.8 Å². The molecule has 1 aromatic heterocycles. The van der Waals surface area contributed by atoms with Crippen molar-refractivity contribution >= 4 is 39.8 Å². The molecule has 31 heavy (non-hydrogen) atoms. The lowest BCUT2D eigenvalue weighted by Gasteiger charge is -2.20. The Bertz CT molecular complexity index is 1140. The van der Waals surface area contributed by atoms with Gasteiger partial charge in [0.05, 0.1) is 5.57 Å². The highest BCUT2D eigenvalue weighted by Crippen LogP contribution is 2.31. The minimum atomic E-state index is -0.382. The predicted octanol–water partition coefficient (Wildman–Crippen LogP) is 5.47. The first-order valence-corrected chi connectivity index (χ1v) is 11.5. The molecular formula is C24H27N5OS. The number of aromatic nitrogens is 1. The van der Waals surface area contributed by atoms with E-state index in [-0.39, 0.29) is 17.3 Å². The van der Waals surface area contributed by atoms with Gasteiger partial charge in [-0.05, 0) is 80.3 Å². The molecule has 1 aromatic carbocycles. The topological polar surface area (TPSA) is 73.8 Å². The number of thioether (sulfide) groups is 1. The van der Waals surface area contributed by atoms with Gasteiger partial charge in [0.25, 0.3) is 5.91 Å². The van der Waals surface area contributed by atoms with Crippen LogP contribution in [0.2, 0.25) is 0 Å². The molecule has 2 aliphatic heterocycles. The number of benzene rings is 1. The maximum atomic E-state index is 12.7. The Morgan fingerprint density at radius 3 is 2.58 bits per heavy atom. The third-order valence-electron chi connectivity index (χ3n) is 5.61. The fourth-order valence-electron chi connectivity index (χ4n) is 3.83. The average Bonchev–Trinajstić information content (AvgIpc) is 3.29. The molecule has 0 spiro atoms. The van der Waals surface area contributed by atoms with Crippen molar-refractivity contribution in [3.8, 4) is 5.69 Å². The zero-order chi connectivity index (χ0) is 22.1. The molecule has 2 aliphatic rings. The van der Waals surface area contributed by atoms with E-state index in [0.29, 0.717) is 5.17 Å². The van der Waals surface area contributed by atoms with Crippen LogP contribution in [0.3, 0.4) is 0 Å². The fourth-order valence-corrected chi connectivity index (χ4v) is 4.75. The molecule has 0 atom stereocenters. The Morgan fingerprint density at radius 2 is 1.90 bits per heavy atom. The van der Waals surface area contributed by atoms with Gasteiger partial charge in [-0.15, -0.1) is 0 Å². The molecule has 1 amide bonds. The first kappa shape index (κ1) is 21.3. The first-order valence-electron chi connectivity index (χ1n) is 10.7. The van der Waals surface area contributed by atoms with Gasteiger partial charge in [-0.1, -0.05) is 32.4 Å². The average molecular weight is 434 g/mol. The van der Waals surface area contributed by atoms with Crippen molar-refractivity contribution in [2.24, 2.45) is 10.1 Å². The second-order valence-electron chi connectivity index (χ2n) is 7.80. The van der Waals surface area contributed by atoms with Gasteiger partial charge in [0.1, 0.15) is 5.04 Å². The summed E-state index contributed by atoms with van der Waals surface area (Å²) in [5.74, 6) is -0.293. The van der Waals surface area contributed by atoms with E-state index in [4.69, 9.17) is 5.41 Å². The van der Waals surface area contributed by atoms with Crippen molar-refractivity contribution in [3.05, 3.63) is 58.4 Å². The summed E-state index contributed by atoms with van der Waals surface area (Å²) in [7, 11) is 0. The van der Waals surface area contributed by atoms with Crippen LogP contribution in [0, 0.1) is 19.3 Å². The van der Waals surface area contributed by atoms with Gasteiger partial charge < -0.3 is 4.57 Å². The SMILES string of the molecule is CCCCC1=NN2C(=N)C(=Cc3cc(C)n(-c4ccc(CC)cc4)c3C)C(=O)N=C2S1. The van der Waals surface area contributed by atoms with E-state index in [1.807, 2.05) is 13.0 Å². The standard InChI is InChI=1S/C24H27N5OS/c1-5-7-8-21-27-29-22(25)20(23(30)26-24(29)31-21)14-18-13-15(3)28(16(18)4)19-11-9-17(6-2)10-12-19/h9-14,25H,5-8H2,1-4H3. The normalized spacial score (nSPS) is 17.3. The zero-order valence-corrected chi connectivity index (χ0v) is 19.2. The predicted molar refractivity (Wildman–Crippen MR) is 129 cm³/mol. The molecule has 2 aromatic rings. The molecule has 160 valence electrons. The number of nitrogens with one attached hydrogen (secondary N) is 1. The molecule has 0 saturated heterocycles. The number of carbonyl (C=O) groups is 1. The summed E-state index contributed by atoms with van der Waals surface area (Å²) < 4.78 is 2.17. The second-order valence-corrected chi connectivity index (χ2v) is 8.84. The lowest BCUT2D eigenvalue weighted by Crippen LogP contribution is -2.35. The van der Waals surface area contributed by atoms with Gasteiger partial charge >= 0.3 is 0 Å². The van der Waals surface area contributed by atoms with Gasteiger partial charge in [-0.2, -0.15) is 15.1 Å². The van der Waals surface area contributed by atoms with Gasteiger partial charge in [0.15, 0.2) is 5.84 Å². The molecule has 0 bridgehead atoms. The highest BCUT2D eigenvalue weighted by molar-refractivity contribution is 8.26. The second kappa shape index (κ2) is 8.67. The van der Waals surface area contributed by atoms with Crippen LogP contribution in [0.15, 0.2) is 46.0 Å². The van der Waals surface area contributed by atoms with E-state index in [0.717, 1.165) is 53.4 Å². The van der Waals surface area contributed by atoms with Crippen LogP contribution in [0.5, 0.6) is 0 Å². The third kappa shape index (κ3) is 4.02. The molecule has 0 aliphatic carbocycles. The Hall–Kier alpha value is -2.93. The van der Waals surface area contributed by atoms with E-state index in [9.17, 15) is 4.79 Å². The summed E-state index contributed by atoms with van der Waals surface area (Å²) in [6, 6.07) is 10.6.